The zero-order valence-corrected chi connectivity index (χ0v) is 20.0. The SMILES string of the molecule is O=C(Nc1ccc([C@H]2OC(=O)N(Cc3cccc(F)c3)[C@H]2C(=O)NCc2cccnc2)cc1)c1ccco1. The number of amides is 3. The predicted molar refractivity (Wildman–Crippen MR) is 134 cm³/mol. The quantitative estimate of drug-likeness (QED) is 0.359. The molecule has 2 aromatic heterocycles. The lowest BCUT2D eigenvalue weighted by Gasteiger charge is -2.24. The third-order valence-corrected chi connectivity index (χ3v) is 6.03. The summed E-state index contributed by atoms with van der Waals surface area (Å²) in [5.41, 5.74) is 2.35. The number of carbonyl (C=O) groups is 3. The van der Waals surface area contributed by atoms with Crippen LogP contribution < -0.4 is 10.6 Å². The highest BCUT2D eigenvalue weighted by atomic mass is 19.1. The number of hydrogen-bond acceptors (Lipinski definition) is 6. The van der Waals surface area contributed by atoms with Crippen LogP contribution in [0.5, 0.6) is 0 Å². The number of nitrogens with zero attached hydrogens (tertiary/aromatic N) is 2. The first-order valence-electron chi connectivity index (χ1n) is 11.8. The molecule has 0 unspecified atom stereocenters. The van der Waals surface area contributed by atoms with E-state index in [2.05, 4.69) is 15.6 Å². The number of benzene rings is 2. The van der Waals surface area contributed by atoms with Crippen molar-refractivity contribution in [2.24, 2.45) is 0 Å². The maximum atomic E-state index is 13.8. The Morgan fingerprint density at radius 3 is 2.53 bits per heavy atom. The van der Waals surface area contributed by atoms with E-state index in [1.54, 1.807) is 60.9 Å². The number of ether oxygens (including phenoxy) is 1. The Kier molecular flexibility index (Phi) is 7.12. The number of halogens is 1. The second-order valence-electron chi connectivity index (χ2n) is 8.64. The van der Waals surface area contributed by atoms with Gasteiger partial charge in [0, 0.05) is 24.6 Å². The summed E-state index contributed by atoms with van der Waals surface area (Å²) in [4.78, 5) is 43.9. The van der Waals surface area contributed by atoms with Crippen LogP contribution in [0.3, 0.4) is 0 Å². The molecule has 0 saturated carbocycles. The number of nitrogens with one attached hydrogen (secondary N) is 2. The van der Waals surface area contributed by atoms with Gasteiger partial charge in [0.25, 0.3) is 5.91 Å². The smallest absolute Gasteiger partial charge is 0.411 e. The molecule has 192 valence electrons. The molecule has 1 saturated heterocycles. The summed E-state index contributed by atoms with van der Waals surface area (Å²) in [6.45, 7) is 0.186. The Bertz CT molecular complexity index is 1430. The lowest BCUT2D eigenvalue weighted by atomic mass is 10.00. The molecule has 2 atom stereocenters. The standard InChI is InChI=1S/C28H23FN4O5/c29-21-6-1-4-18(14-21)17-33-24(27(35)31-16-19-5-2-12-30-15-19)25(38-28(33)36)20-8-10-22(11-9-20)32-26(34)23-7-3-13-37-23/h1-15,24-25H,16-17H2,(H,31,35)(H,32,34)/t24-,25-/m1/s1. The number of rotatable bonds is 8. The van der Waals surface area contributed by atoms with Crippen molar-refractivity contribution in [3.05, 3.63) is 120 Å². The molecule has 0 spiro atoms. The topological polar surface area (TPSA) is 114 Å². The van der Waals surface area contributed by atoms with Crippen LogP contribution in [-0.2, 0) is 22.6 Å². The lowest BCUT2D eigenvalue weighted by molar-refractivity contribution is -0.126. The van der Waals surface area contributed by atoms with Gasteiger partial charge in [0.2, 0.25) is 5.91 Å². The number of cyclic esters (lactones) is 1. The van der Waals surface area contributed by atoms with Gasteiger partial charge in [0.05, 0.1) is 12.8 Å². The predicted octanol–water partition coefficient (Wildman–Crippen LogP) is 4.44. The second-order valence-corrected chi connectivity index (χ2v) is 8.64. The third kappa shape index (κ3) is 5.54. The Hall–Kier alpha value is -4.99. The maximum absolute atomic E-state index is 13.8. The van der Waals surface area contributed by atoms with Gasteiger partial charge in [-0.25, -0.2) is 9.18 Å². The first-order chi connectivity index (χ1) is 18.5. The maximum Gasteiger partial charge on any atom is 0.411 e. The van der Waals surface area contributed by atoms with E-state index in [0.29, 0.717) is 16.8 Å². The molecule has 38 heavy (non-hydrogen) atoms. The molecule has 5 rings (SSSR count). The molecule has 1 aliphatic heterocycles. The van der Waals surface area contributed by atoms with Gasteiger partial charge in [0.1, 0.15) is 5.82 Å². The van der Waals surface area contributed by atoms with Gasteiger partial charge in [-0.2, -0.15) is 0 Å². The van der Waals surface area contributed by atoms with Crippen LogP contribution in [0.2, 0.25) is 0 Å². The molecule has 1 fully saturated rings. The molecule has 1 aliphatic rings. The highest BCUT2D eigenvalue weighted by Crippen LogP contribution is 2.34. The van der Waals surface area contributed by atoms with Crippen LogP contribution in [-0.4, -0.2) is 33.8 Å². The number of furan rings is 1. The van der Waals surface area contributed by atoms with E-state index < -0.39 is 35.9 Å². The largest absolute Gasteiger partial charge is 0.459 e. The van der Waals surface area contributed by atoms with Crippen molar-refractivity contribution < 1.29 is 27.9 Å². The van der Waals surface area contributed by atoms with E-state index in [1.807, 2.05) is 6.07 Å². The van der Waals surface area contributed by atoms with E-state index in [9.17, 15) is 18.8 Å². The normalized spacial score (nSPS) is 16.7. The fourth-order valence-corrected chi connectivity index (χ4v) is 4.20. The summed E-state index contributed by atoms with van der Waals surface area (Å²) in [6, 6.07) is 18.2. The van der Waals surface area contributed by atoms with Gasteiger partial charge in [-0.1, -0.05) is 30.3 Å². The Balaban J connectivity index is 1.37. The minimum atomic E-state index is -1.02. The molecule has 2 aromatic carbocycles. The number of aromatic nitrogens is 1. The Morgan fingerprint density at radius 1 is 1.00 bits per heavy atom. The van der Waals surface area contributed by atoms with E-state index in [-0.39, 0.29) is 18.8 Å². The lowest BCUT2D eigenvalue weighted by Crippen LogP contribution is -2.46. The summed E-state index contributed by atoms with van der Waals surface area (Å²) < 4.78 is 24.6. The average Bonchev–Trinajstić information content (AvgIpc) is 3.57. The molecule has 0 radical (unpaired) electrons. The molecular formula is C28H23FN4O5. The molecule has 3 amide bonds. The zero-order valence-electron chi connectivity index (χ0n) is 20.0. The van der Waals surface area contributed by atoms with Crippen molar-refractivity contribution in [3.63, 3.8) is 0 Å². The van der Waals surface area contributed by atoms with Crippen LogP contribution in [0.1, 0.15) is 33.3 Å². The first-order valence-corrected chi connectivity index (χ1v) is 11.8. The van der Waals surface area contributed by atoms with Crippen LogP contribution in [0.25, 0.3) is 0 Å². The Labute approximate surface area is 217 Å². The van der Waals surface area contributed by atoms with E-state index in [1.165, 1.54) is 29.4 Å². The number of pyridine rings is 1. The molecule has 0 bridgehead atoms. The number of carbonyl (C=O) groups excluding carboxylic acids is 3. The monoisotopic (exact) mass is 514 g/mol. The van der Waals surface area contributed by atoms with Crippen LogP contribution in [0.15, 0.2) is 95.9 Å². The summed E-state index contributed by atoms with van der Waals surface area (Å²) in [5.74, 6) is -1.13. The van der Waals surface area contributed by atoms with E-state index in [0.717, 1.165) is 5.56 Å². The fraction of sp³-hybridized carbons (Fsp3) is 0.143. The van der Waals surface area contributed by atoms with Crippen LogP contribution in [0.4, 0.5) is 14.9 Å². The minimum absolute atomic E-state index is 0.0185. The van der Waals surface area contributed by atoms with Crippen molar-refractivity contribution in [1.29, 1.82) is 0 Å². The second kappa shape index (κ2) is 11.0. The van der Waals surface area contributed by atoms with E-state index >= 15 is 0 Å². The summed E-state index contributed by atoms with van der Waals surface area (Å²) >= 11 is 0. The summed E-state index contributed by atoms with van der Waals surface area (Å²) in [5, 5.41) is 5.57. The highest BCUT2D eigenvalue weighted by Gasteiger charge is 2.47. The van der Waals surface area contributed by atoms with Crippen LogP contribution in [0, 0.1) is 5.82 Å². The summed E-state index contributed by atoms with van der Waals surface area (Å²) in [7, 11) is 0. The zero-order chi connectivity index (χ0) is 26.5. The van der Waals surface area contributed by atoms with E-state index in [4.69, 9.17) is 9.15 Å². The van der Waals surface area contributed by atoms with Gasteiger partial charge in [0.15, 0.2) is 17.9 Å². The van der Waals surface area contributed by atoms with Crippen molar-refractivity contribution >= 4 is 23.6 Å². The van der Waals surface area contributed by atoms with Crippen molar-refractivity contribution in [2.75, 3.05) is 5.32 Å². The fourth-order valence-electron chi connectivity index (χ4n) is 4.20. The van der Waals surface area contributed by atoms with Gasteiger partial charge in [-0.15, -0.1) is 0 Å². The summed E-state index contributed by atoms with van der Waals surface area (Å²) in [6.07, 6.45) is 3.04. The molecular weight excluding hydrogens is 491 g/mol. The molecule has 2 N–H and O–H groups in total. The Morgan fingerprint density at radius 2 is 1.82 bits per heavy atom. The highest BCUT2D eigenvalue weighted by molar-refractivity contribution is 6.02. The molecule has 10 heteroatoms. The molecule has 9 nitrogen and oxygen atoms in total. The average molecular weight is 515 g/mol. The van der Waals surface area contributed by atoms with Crippen molar-refractivity contribution in [1.82, 2.24) is 15.2 Å². The van der Waals surface area contributed by atoms with Gasteiger partial charge in [-0.05, 0) is 59.2 Å². The number of hydrogen-bond donors (Lipinski definition) is 2. The van der Waals surface area contributed by atoms with Crippen molar-refractivity contribution in [2.45, 2.75) is 25.2 Å². The number of anilines is 1. The third-order valence-electron chi connectivity index (χ3n) is 6.03. The molecule has 0 aliphatic carbocycles. The first kappa shape index (κ1) is 24.7. The minimum Gasteiger partial charge on any atom is -0.459 e. The van der Waals surface area contributed by atoms with Crippen molar-refractivity contribution in [3.8, 4) is 0 Å². The van der Waals surface area contributed by atoms with Gasteiger partial charge in [-0.3, -0.25) is 19.5 Å². The van der Waals surface area contributed by atoms with Gasteiger partial charge < -0.3 is 19.8 Å². The van der Waals surface area contributed by atoms with Gasteiger partial charge >= 0.3 is 6.09 Å². The van der Waals surface area contributed by atoms with Crippen LogP contribution >= 0.6 is 0 Å². The molecule has 4 aromatic rings. The molecule has 3 heterocycles.